The number of rotatable bonds is 4. The maximum absolute atomic E-state index is 6.03. The molecule has 3 heterocycles. The Morgan fingerprint density at radius 3 is 3.10 bits per heavy atom. The number of nitrogens with zero attached hydrogens (tertiary/aromatic N) is 4. The highest BCUT2D eigenvalue weighted by molar-refractivity contribution is 6.28. The summed E-state index contributed by atoms with van der Waals surface area (Å²) in [5.41, 5.74) is 1.48. The molecule has 0 aliphatic carbocycles. The Morgan fingerprint density at radius 2 is 2.35 bits per heavy atom. The summed E-state index contributed by atoms with van der Waals surface area (Å²) >= 11 is 6.03. The molecule has 0 saturated carbocycles. The van der Waals surface area contributed by atoms with Crippen molar-refractivity contribution < 1.29 is 4.74 Å². The zero-order chi connectivity index (χ0) is 13.9. The van der Waals surface area contributed by atoms with Crippen LogP contribution in [-0.2, 0) is 4.74 Å². The molecule has 1 fully saturated rings. The van der Waals surface area contributed by atoms with Gasteiger partial charge in [-0.3, -0.25) is 4.57 Å². The van der Waals surface area contributed by atoms with Gasteiger partial charge in [-0.15, -0.1) is 0 Å². The van der Waals surface area contributed by atoms with Crippen LogP contribution in [-0.4, -0.2) is 32.7 Å². The maximum atomic E-state index is 6.03. The highest BCUT2D eigenvalue weighted by atomic mass is 35.5. The molecule has 1 atom stereocenters. The quantitative estimate of drug-likeness (QED) is 0.878. The number of fused-ring (bicyclic) bond motifs is 1. The molecular weight excluding hydrogens is 278 g/mol. The van der Waals surface area contributed by atoms with Crippen molar-refractivity contribution in [3.05, 3.63) is 11.6 Å². The van der Waals surface area contributed by atoms with E-state index in [1.165, 1.54) is 0 Å². The first kappa shape index (κ1) is 13.6. The molecule has 0 aromatic carbocycles. The van der Waals surface area contributed by atoms with Crippen LogP contribution in [0, 0.1) is 0 Å². The molecule has 0 amide bonds. The molecule has 1 N–H and O–H groups in total. The molecule has 7 heteroatoms. The normalized spacial score (nSPS) is 19.4. The van der Waals surface area contributed by atoms with Gasteiger partial charge in [0.15, 0.2) is 17.0 Å². The fraction of sp³-hybridized carbons (Fsp3) is 0.615. The van der Waals surface area contributed by atoms with Crippen LogP contribution in [0.1, 0.15) is 38.8 Å². The van der Waals surface area contributed by atoms with Crippen molar-refractivity contribution in [3.63, 3.8) is 0 Å². The summed E-state index contributed by atoms with van der Waals surface area (Å²) in [4.78, 5) is 13.0. The maximum Gasteiger partial charge on any atom is 0.226 e. The zero-order valence-corrected chi connectivity index (χ0v) is 12.2. The van der Waals surface area contributed by atoms with Crippen molar-refractivity contribution in [1.82, 2.24) is 19.5 Å². The van der Waals surface area contributed by atoms with Gasteiger partial charge in [0.05, 0.1) is 6.33 Å². The molecule has 2 aromatic rings. The van der Waals surface area contributed by atoms with Gasteiger partial charge in [-0.2, -0.15) is 9.97 Å². The number of hydrogen-bond acceptors (Lipinski definition) is 5. The summed E-state index contributed by atoms with van der Waals surface area (Å²) in [5, 5.41) is 3.47. The Kier molecular flexibility index (Phi) is 4.03. The minimum atomic E-state index is -0.00116. The molecule has 6 nitrogen and oxygen atoms in total. The van der Waals surface area contributed by atoms with Crippen LogP contribution in [0.25, 0.3) is 11.2 Å². The van der Waals surface area contributed by atoms with Gasteiger partial charge >= 0.3 is 0 Å². The summed E-state index contributed by atoms with van der Waals surface area (Å²) in [6.07, 6.45) is 6.02. The molecule has 0 spiro atoms. The Bertz CT molecular complexity index is 594. The van der Waals surface area contributed by atoms with Crippen LogP contribution in [0.3, 0.4) is 0 Å². The van der Waals surface area contributed by atoms with Gasteiger partial charge in [0.25, 0.3) is 0 Å². The summed E-state index contributed by atoms with van der Waals surface area (Å²) in [6, 6.07) is 0. The summed E-state index contributed by atoms with van der Waals surface area (Å²) in [7, 11) is 0. The summed E-state index contributed by atoms with van der Waals surface area (Å²) in [5.74, 6) is 0.691. The van der Waals surface area contributed by atoms with E-state index in [4.69, 9.17) is 16.3 Å². The van der Waals surface area contributed by atoms with E-state index in [0.29, 0.717) is 5.82 Å². The van der Waals surface area contributed by atoms with E-state index in [-0.39, 0.29) is 11.5 Å². The lowest BCUT2D eigenvalue weighted by Crippen LogP contribution is -2.17. The first-order chi connectivity index (χ1) is 9.79. The van der Waals surface area contributed by atoms with Crippen LogP contribution in [0.4, 0.5) is 5.82 Å². The molecule has 1 unspecified atom stereocenters. The van der Waals surface area contributed by atoms with Gasteiger partial charge in [0.2, 0.25) is 5.28 Å². The van der Waals surface area contributed by atoms with Crippen LogP contribution in [0.15, 0.2) is 6.33 Å². The van der Waals surface area contributed by atoms with Crippen molar-refractivity contribution in [2.75, 3.05) is 18.5 Å². The Hall–Kier alpha value is -1.40. The fourth-order valence-electron chi connectivity index (χ4n) is 2.41. The van der Waals surface area contributed by atoms with Crippen molar-refractivity contribution in [2.24, 2.45) is 0 Å². The predicted molar refractivity (Wildman–Crippen MR) is 78.0 cm³/mol. The minimum absolute atomic E-state index is 0.00116. The van der Waals surface area contributed by atoms with Crippen molar-refractivity contribution in [3.8, 4) is 0 Å². The first-order valence-corrected chi connectivity index (χ1v) is 7.43. The lowest BCUT2D eigenvalue weighted by Gasteiger charge is -2.23. The highest BCUT2D eigenvalue weighted by Crippen LogP contribution is 2.28. The second-order valence-corrected chi connectivity index (χ2v) is 5.25. The Labute approximate surface area is 122 Å². The van der Waals surface area contributed by atoms with E-state index in [1.54, 1.807) is 6.33 Å². The van der Waals surface area contributed by atoms with E-state index in [9.17, 15) is 0 Å². The second-order valence-electron chi connectivity index (χ2n) is 4.91. The molecular formula is C13H18ClN5O. The molecule has 1 aliphatic heterocycles. The second kappa shape index (κ2) is 5.93. The van der Waals surface area contributed by atoms with Crippen LogP contribution in [0.5, 0.6) is 0 Å². The molecule has 0 bridgehead atoms. The Balaban J connectivity index is 2.00. The number of ether oxygens (including phenoxy) is 1. The van der Waals surface area contributed by atoms with Crippen molar-refractivity contribution in [2.45, 2.75) is 38.8 Å². The lowest BCUT2D eigenvalue weighted by molar-refractivity contribution is -0.0298. The van der Waals surface area contributed by atoms with Gasteiger partial charge in [-0.1, -0.05) is 6.92 Å². The summed E-state index contributed by atoms with van der Waals surface area (Å²) < 4.78 is 7.75. The van der Waals surface area contributed by atoms with E-state index in [2.05, 4.69) is 27.2 Å². The number of aromatic nitrogens is 4. The predicted octanol–water partition coefficient (Wildman–Crippen LogP) is 3.00. The number of imidazole rings is 1. The average molecular weight is 296 g/mol. The number of halogens is 1. The van der Waals surface area contributed by atoms with Crippen molar-refractivity contribution >= 4 is 28.6 Å². The van der Waals surface area contributed by atoms with Gasteiger partial charge in [-0.05, 0) is 37.3 Å². The third-order valence-corrected chi connectivity index (χ3v) is 3.57. The van der Waals surface area contributed by atoms with E-state index < -0.39 is 0 Å². The smallest absolute Gasteiger partial charge is 0.226 e. The third-order valence-electron chi connectivity index (χ3n) is 3.40. The Morgan fingerprint density at radius 1 is 1.45 bits per heavy atom. The molecule has 2 aromatic heterocycles. The van der Waals surface area contributed by atoms with Crippen LogP contribution < -0.4 is 5.32 Å². The first-order valence-electron chi connectivity index (χ1n) is 7.05. The third kappa shape index (κ3) is 2.58. The largest absolute Gasteiger partial charge is 0.368 e. The van der Waals surface area contributed by atoms with Crippen LogP contribution >= 0.6 is 11.6 Å². The van der Waals surface area contributed by atoms with E-state index in [1.807, 2.05) is 4.57 Å². The summed E-state index contributed by atoms with van der Waals surface area (Å²) in [6.45, 7) is 3.71. The SMILES string of the molecule is CCCNc1nc(Cl)nc2c1ncn2C1CCCCO1. The van der Waals surface area contributed by atoms with Gasteiger partial charge in [-0.25, -0.2) is 4.98 Å². The zero-order valence-electron chi connectivity index (χ0n) is 11.5. The lowest BCUT2D eigenvalue weighted by atomic mass is 10.2. The molecule has 1 saturated heterocycles. The molecule has 108 valence electrons. The van der Waals surface area contributed by atoms with E-state index in [0.717, 1.165) is 50.0 Å². The number of hydrogen-bond donors (Lipinski definition) is 1. The van der Waals surface area contributed by atoms with Gasteiger partial charge < -0.3 is 10.1 Å². The van der Waals surface area contributed by atoms with Crippen molar-refractivity contribution in [1.29, 1.82) is 0 Å². The van der Waals surface area contributed by atoms with Crippen LogP contribution in [0.2, 0.25) is 5.28 Å². The number of anilines is 1. The molecule has 0 radical (unpaired) electrons. The molecule has 1 aliphatic rings. The number of nitrogens with one attached hydrogen (secondary N) is 1. The minimum Gasteiger partial charge on any atom is -0.368 e. The fourth-order valence-corrected chi connectivity index (χ4v) is 2.58. The topological polar surface area (TPSA) is 64.9 Å². The van der Waals surface area contributed by atoms with Gasteiger partial charge in [0, 0.05) is 13.2 Å². The average Bonchev–Trinajstić information content (AvgIpc) is 2.89. The molecule has 3 rings (SSSR count). The van der Waals surface area contributed by atoms with Gasteiger partial charge in [0.1, 0.15) is 6.23 Å². The molecule has 20 heavy (non-hydrogen) atoms. The highest BCUT2D eigenvalue weighted by Gasteiger charge is 2.20. The standard InChI is InChI=1S/C13H18ClN5O/c1-2-6-15-11-10-12(18-13(14)17-11)19(8-16-10)9-5-3-4-7-20-9/h8-9H,2-7H2,1H3,(H,15,17,18). The monoisotopic (exact) mass is 295 g/mol. The van der Waals surface area contributed by atoms with E-state index >= 15 is 0 Å².